The largest absolute Gasteiger partial charge is 0.164 e. The normalized spacial score (nSPS) is 10.4. The molecule has 0 atom stereocenters. The van der Waals surface area contributed by atoms with Crippen molar-refractivity contribution in [1.82, 2.24) is 20.2 Å². The Hall–Kier alpha value is -1.42. The molecule has 5 heteroatoms. The summed E-state index contributed by atoms with van der Waals surface area (Å²) in [6.45, 7) is 0.573. The molecule has 71 valence electrons. The molecule has 1 aromatic heterocycles. The minimum Gasteiger partial charge on any atom is -0.164 e. The van der Waals surface area contributed by atoms with Crippen molar-refractivity contribution in [1.29, 1.82) is 0 Å². The van der Waals surface area contributed by atoms with Crippen molar-refractivity contribution in [3.8, 4) is 0 Å². The summed E-state index contributed by atoms with van der Waals surface area (Å²) in [5.74, 6) is 0. The number of tetrazole rings is 1. The van der Waals surface area contributed by atoms with Gasteiger partial charge in [-0.25, -0.2) is 0 Å². The van der Waals surface area contributed by atoms with Gasteiger partial charge in [0.25, 0.3) is 0 Å². The van der Waals surface area contributed by atoms with Crippen LogP contribution >= 0.6 is 11.6 Å². The summed E-state index contributed by atoms with van der Waals surface area (Å²) in [4.78, 5) is 1.49. The fraction of sp³-hybridized carbons (Fsp3) is 0.111. The van der Waals surface area contributed by atoms with Crippen LogP contribution in [0.25, 0.3) is 0 Å². The number of rotatable bonds is 3. The lowest BCUT2D eigenvalue weighted by Crippen LogP contribution is -2.03. The quantitative estimate of drug-likeness (QED) is 0.768. The van der Waals surface area contributed by atoms with Crippen molar-refractivity contribution in [2.45, 2.75) is 6.54 Å². The molecule has 0 unspecified atom stereocenters. The molecular weight excluding hydrogens is 200 g/mol. The molecule has 0 saturated carbocycles. The summed E-state index contributed by atoms with van der Waals surface area (Å²) in [6.07, 6.45) is 3.35. The molecule has 0 aliphatic carbocycles. The first-order valence-corrected chi connectivity index (χ1v) is 4.52. The van der Waals surface area contributed by atoms with Crippen molar-refractivity contribution >= 4 is 11.6 Å². The van der Waals surface area contributed by atoms with Gasteiger partial charge in [-0.1, -0.05) is 29.8 Å². The van der Waals surface area contributed by atoms with Crippen LogP contribution in [0.5, 0.6) is 0 Å². The van der Waals surface area contributed by atoms with Crippen LogP contribution in [0.1, 0.15) is 5.56 Å². The van der Waals surface area contributed by atoms with Gasteiger partial charge in [0, 0.05) is 11.4 Å². The minimum atomic E-state index is 0.573. The Morgan fingerprint density at radius 2 is 2.21 bits per heavy atom. The SMILES string of the molecule is Clc1ccccc1[CH]Cn1ncnn1. The molecule has 4 nitrogen and oxygen atoms in total. The van der Waals surface area contributed by atoms with Gasteiger partial charge in [0.2, 0.25) is 0 Å². The summed E-state index contributed by atoms with van der Waals surface area (Å²) in [6, 6.07) is 7.63. The van der Waals surface area contributed by atoms with Crippen LogP contribution in [0.2, 0.25) is 5.02 Å². The molecule has 0 saturated heterocycles. The highest BCUT2D eigenvalue weighted by Gasteiger charge is 2.00. The molecule has 0 aliphatic heterocycles. The van der Waals surface area contributed by atoms with Crippen molar-refractivity contribution in [3.63, 3.8) is 0 Å². The molecule has 14 heavy (non-hydrogen) atoms. The highest BCUT2D eigenvalue weighted by Crippen LogP contribution is 2.16. The molecule has 0 spiro atoms. The molecule has 0 amide bonds. The van der Waals surface area contributed by atoms with E-state index in [1.165, 1.54) is 11.1 Å². The molecule has 1 aromatic carbocycles. The Bertz CT molecular complexity index is 399. The summed E-state index contributed by atoms with van der Waals surface area (Å²) < 4.78 is 0. The second-order valence-corrected chi connectivity index (χ2v) is 3.12. The van der Waals surface area contributed by atoms with Crippen molar-refractivity contribution in [2.75, 3.05) is 0 Å². The molecule has 2 rings (SSSR count). The lowest BCUT2D eigenvalue weighted by Gasteiger charge is -2.01. The topological polar surface area (TPSA) is 43.6 Å². The smallest absolute Gasteiger partial charge is 0.162 e. The predicted molar refractivity (Wildman–Crippen MR) is 52.7 cm³/mol. The lowest BCUT2D eigenvalue weighted by atomic mass is 10.1. The third kappa shape index (κ3) is 2.09. The minimum absolute atomic E-state index is 0.573. The van der Waals surface area contributed by atoms with E-state index in [-0.39, 0.29) is 0 Å². The zero-order valence-corrected chi connectivity index (χ0v) is 8.09. The first-order chi connectivity index (χ1) is 6.86. The van der Waals surface area contributed by atoms with Gasteiger partial charge < -0.3 is 0 Å². The maximum atomic E-state index is 5.97. The van der Waals surface area contributed by atoms with E-state index >= 15 is 0 Å². The van der Waals surface area contributed by atoms with E-state index in [2.05, 4.69) is 15.4 Å². The van der Waals surface area contributed by atoms with E-state index in [1.807, 2.05) is 30.7 Å². The number of hydrogen-bond donors (Lipinski definition) is 0. The zero-order chi connectivity index (χ0) is 9.80. The first kappa shape index (κ1) is 9.15. The number of aromatic nitrogens is 4. The van der Waals surface area contributed by atoms with Crippen LogP contribution in [-0.2, 0) is 6.54 Å². The summed E-state index contributed by atoms with van der Waals surface area (Å²) in [5.41, 5.74) is 0.978. The van der Waals surface area contributed by atoms with Gasteiger partial charge in [0.05, 0.1) is 6.54 Å². The number of halogens is 1. The Kier molecular flexibility index (Phi) is 2.74. The lowest BCUT2D eigenvalue weighted by molar-refractivity contribution is 0.567. The van der Waals surface area contributed by atoms with Gasteiger partial charge in [-0.05, 0) is 16.8 Å². The number of benzene rings is 1. The van der Waals surface area contributed by atoms with E-state index in [9.17, 15) is 0 Å². The van der Waals surface area contributed by atoms with Gasteiger partial charge in [0.1, 0.15) is 0 Å². The third-order valence-corrected chi connectivity index (χ3v) is 2.12. The second kappa shape index (κ2) is 4.19. The predicted octanol–water partition coefficient (Wildman–Crippen LogP) is 1.58. The molecule has 0 fully saturated rings. The van der Waals surface area contributed by atoms with Crippen LogP contribution in [-0.4, -0.2) is 20.2 Å². The molecule has 1 heterocycles. The average molecular weight is 208 g/mol. The van der Waals surface area contributed by atoms with Crippen molar-refractivity contribution < 1.29 is 0 Å². The van der Waals surface area contributed by atoms with Crippen molar-refractivity contribution in [2.24, 2.45) is 0 Å². The standard InChI is InChI=1S/C9H8ClN4/c10-9-4-2-1-3-8(9)5-6-14-12-7-11-13-14/h1-5,7H,6H2. The zero-order valence-electron chi connectivity index (χ0n) is 7.34. The van der Waals surface area contributed by atoms with E-state index < -0.39 is 0 Å². The van der Waals surface area contributed by atoms with E-state index in [1.54, 1.807) is 0 Å². The van der Waals surface area contributed by atoms with Crippen LogP contribution in [0.4, 0.5) is 0 Å². The van der Waals surface area contributed by atoms with Gasteiger partial charge in [0.15, 0.2) is 6.33 Å². The van der Waals surface area contributed by atoms with Gasteiger partial charge in [-0.2, -0.15) is 4.80 Å². The van der Waals surface area contributed by atoms with Crippen LogP contribution < -0.4 is 0 Å². The highest BCUT2D eigenvalue weighted by atomic mass is 35.5. The van der Waals surface area contributed by atoms with Crippen LogP contribution in [0, 0.1) is 6.42 Å². The maximum Gasteiger partial charge on any atom is 0.162 e. The molecule has 2 aromatic rings. The monoisotopic (exact) mass is 207 g/mol. The van der Waals surface area contributed by atoms with Gasteiger partial charge >= 0.3 is 0 Å². The highest BCUT2D eigenvalue weighted by molar-refractivity contribution is 6.31. The summed E-state index contributed by atoms with van der Waals surface area (Å²) >= 11 is 5.97. The molecular formula is C9H8ClN4. The fourth-order valence-corrected chi connectivity index (χ4v) is 1.31. The third-order valence-electron chi connectivity index (χ3n) is 1.77. The van der Waals surface area contributed by atoms with Gasteiger partial charge in [-0.15, -0.1) is 10.2 Å². The Morgan fingerprint density at radius 1 is 1.36 bits per heavy atom. The summed E-state index contributed by atoms with van der Waals surface area (Å²) in [5, 5.41) is 12.0. The summed E-state index contributed by atoms with van der Waals surface area (Å²) in [7, 11) is 0. The molecule has 1 radical (unpaired) electrons. The first-order valence-electron chi connectivity index (χ1n) is 4.15. The van der Waals surface area contributed by atoms with Crippen LogP contribution in [0.3, 0.4) is 0 Å². The average Bonchev–Trinajstić information content (AvgIpc) is 2.69. The maximum absolute atomic E-state index is 5.97. The Labute approximate surface area is 86.5 Å². The van der Waals surface area contributed by atoms with E-state index in [0.717, 1.165) is 10.6 Å². The number of hydrogen-bond acceptors (Lipinski definition) is 3. The molecule has 0 N–H and O–H groups in total. The molecule has 0 bridgehead atoms. The van der Waals surface area contributed by atoms with Gasteiger partial charge in [-0.3, -0.25) is 0 Å². The number of nitrogens with zero attached hydrogens (tertiary/aromatic N) is 4. The Balaban J connectivity index is 2.02. The second-order valence-electron chi connectivity index (χ2n) is 2.72. The van der Waals surface area contributed by atoms with Crippen LogP contribution in [0.15, 0.2) is 30.6 Å². The van der Waals surface area contributed by atoms with E-state index in [0.29, 0.717) is 6.54 Å². The van der Waals surface area contributed by atoms with E-state index in [4.69, 9.17) is 11.6 Å². The fourth-order valence-electron chi connectivity index (χ4n) is 1.09. The molecule has 0 aliphatic rings. The van der Waals surface area contributed by atoms with Crippen molar-refractivity contribution in [3.05, 3.63) is 47.6 Å². The Morgan fingerprint density at radius 3 is 2.93 bits per heavy atom.